The molecule has 120 valence electrons. The molecule has 0 aromatic heterocycles. The highest BCUT2D eigenvalue weighted by molar-refractivity contribution is 5.76. The van der Waals surface area contributed by atoms with Gasteiger partial charge >= 0.3 is 5.97 Å². The van der Waals surface area contributed by atoms with Gasteiger partial charge in [0.2, 0.25) is 6.10 Å². The summed E-state index contributed by atoms with van der Waals surface area (Å²) in [6.45, 7) is 6.00. The Morgan fingerprint density at radius 1 is 1.32 bits per heavy atom. The Kier molecular flexibility index (Phi) is 4.80. The van der Waals surface area contributed by atoms with E-state index in [0.29, 0.717) is 18.0 Å². The summed E-state index contributed by atoms with van der Waals surface area (Å²) in [5.74, 6) is 0.861. The van der Waals surface area contributed by atoms with Gasteiger partial charge in [0.05, 0.1) is 13.2 Å². The van der Waals surface area contributed by atoms with Crippen molar-refractivity contribution in [1.82, 2.24) is 4.90 Å². The average Bonchev–Trinajstić information content (AvgIpc) is 2.55. The minimum Gasteiger partial charge on any atom is -0.485 e. The predicted molar refractivity (Wildman–Crippen MR) is 79.2 cm³/mol. The fraction of sp³-hybridized carbons (Fsp3) is 0.562. The highest BCUT2D eigenvalue weighted by atomic mass is 16.6. The summed E-state index contributed by atoms with van der Waals surface area (Å²) in [6.07, 6.45) is -0.895. The molecule has 22 heavy (non-hydrogen) atoms. The normalized spacial score (nSPS) is 22.9. The van der Waals surface area contributed by atoms with Crippen LogP contribution in [0.2, 0.25) is 0 Å². The topological polar surface area (TPSA) is 57.2 Å². The highest BCUT2D eigenvalue weighted by Gasteiger charge is 2.30. The molecule has 0 radical (unpaired) electrons. The third-order valence-electron chi connectivity index (χ3n) is 3.71. The fourth-order valence-electron chi connectivity index (χ4n) is 2.59. The van der Waals surface area contributed by atoms with Crippen molar-refractivity contribution < 1.29 is 23.7 Å². The van der Waals surface area contributed by atoms with Gasteiger partial charge in [-0.25, -0.2) is 4.79 Å². The molecule has 0 aliphatic carbocycles. The second-order valence-electron chi connectivity index (χ2n) is 5.52. The lowest BCUT2D eigenvalue weighted by atomic mass is 10.2. The smallest absolute Gasteiger partial charge is 0.351 e. The van der Waals surface area contributed by atoms with E-state index in [0.717, 1.165) is 26.3 Å². The van der Waals surface area contributed by atoms with Crippen LogP contribution in [0, 0.1) is 0 Å². The van der Waals surface area contributed by atoms with Gasteiger partial charge in [-0.2, -0.15) is 0 Å². The van der Waals surface area contributed by atoms with Crippen molar-refractivity contribution in [3.05, 3.63) is 24.3 Å². The zero-order valence-corrected chi connectivity index (χ0v) is 12.7. The van der Waals surface area contributed by atoms with Crippen LogP contribution in [0.4, 0.5) is 0 Å². The maximum Gasteiger partial charge on any atom is 0.351 e. The largest absolute Gasteiger partial charge is 0.485 e. The summed E-state index contributed by atoms with van der Waals surface area (Å²) >= 11 is 0. The molecule has 0 unspecified atom stereocenters. The van der Waals surface area contributed by atoms with Crippen LogP contribution in [-0.2, 0) is 14.3 Å². The van der Waals surface area contributed by atoms with E-state index in [1.807, 2.05) is 25.1 Å². The Labute approximate surface area is 129 Å². The highest BCUT2D eigenvalue weighted by Crippen LogP contribution is 2.31. The molecule has 1 fully saturated rings. The van der Waals surface area contributed by atoms with Gasteiger partial charge < -0.3 is 18.9 Å². The summed E-state index contributed by atoms with van der Waals surface area (Å²) in [5.41, 5.74) is 0. The fourth-order valence-corrected chi connectivity index (χ4v) is 2.59. The molecule has 2 heterocycles. The van der Waals surface area contributed by atoms with Crippen LogP contribution in [0.3, 0.4) is 0 Å². The third kappa shape index (κ3) is 3.69. The van der Waals surface area contributed by atoms with Gasteiger partial charge in [-0.3, -0.25) is 4.90 Å². The zero-order valence-electron chi connectivity index (χ0n) is 12.7. The van der Waals surface area contributed by atoms with E-state index in [2.05, 4.69) is 4.90 Å². The first-order valence-electron chi connectivity index (χ1n) is 7.61. The van der Waals surface area contributed by atoms with Gasteiger partial charge in [-0.15, -0.1) is 0 Å². The first kappa shape index (κ1) is 15.1. The summed E-state index contributed by atoms with van der Waals surface area (Å²) in [7, 11) is 0. The van der Waals surface area contributed by atoms with Crippen molar-refractivity contribution in [3.8, 4) is 11.5 Å². The van der Waals surface area contributed by atoms with Crippen LogP contribution in [0.15, 0.2) is 24.3 Å². The molecule has 0 amide bonds. The molecule has 1 aromatic rings. The van der Waals surface area contributed by atoms with E-state index in [-0.39, 0.29) is 18.7 Å². The molecule has 6 heteroatoms. The van der Waals surface area contributed by atoms with Gasteiger partial charge in [0.25, 0.3) is 0 Å². The first-order valence-corrected chi connectivity index (χ1v) is 7.61. The van der Waals surface area contributed by atoms with Gasteiger partial charge in [0, 0.05) is 19.6 Å². The second kappa shape index (κ2) is 6.98. The van der Waals surface area contributed by atoms with Gasteiger partial charge in [-0.05, 0) is 19.1 Å². The lowest BCUT2D eigenvalue weighted by Gasteiger charge is -2.30. The lowest BCUT2D eigenvalue weighted by Crippen LogP contribution is -2.44. The van der Waals surface area contributed by atoms with Crippen molar-refractivity contribution in [2.24, 2.45) is 0 Å². The van der Waals surface area contributed by atoms with E-state index in [1.54, 1.807) is 6.07 Å². The number of fused-ring (bicyclic) bond motifs is 1. The molecular weight excluding hydrogens is 286 g/mol. The van der Waals surface area contributed by atoms with Crippen molar-refractivity contribution in [2.45, 2.75) is 19.1 Å². The summed E-state index contributed by atoms with van der Waals surface area (Å²) in [6, 6.07) is 7.31. The number of hydrogen-bond donors (Lipinski definition) is 0. The minimum atomic E-state index is -0.706. The van der Waals surface area contributed by atoms with Gasteiger partial charge in [-0.1, -0.05) is 12.1 Å². The molecule has 2 atom stereocenters. The quantitative estimate of drug-likeness (QED) is 0.776. The Morgan fingerprint density at radius 2 is 2.05 bits per heavy atom. The number of para-hydroxylation sites is 2. The number of benzene rings is 1. The van der Waals surface area contributed by atoms with E-state index in [1.165, 1.54) is 0 Å². The van der Waals surface area contributed by atoms with Crippen molar-refractivity contribution >= 4 is 5.97 Å². The molecule has 1 saturated heterocycles. The molecule has 2 aliphatic rings. The second-order valence-corrected chi connectivity index (χ2v) is 5.52. The lowest BCUT2D eigenvalue weighted by molar-refractivity contribution is -0.160. The van der Waals surface area contributed by atoms with Crippen molar-refractivity contribution in [2.75, 3.05) is 39.5 Å². The zero-order chi connectivity index (χ0) is 15.4. The molecule has 6 nitrogen and oxygen atoms in total. The summed E-state index contributed by atoms with van der Waals surface area (Å²) in [5, 5.41) is 0. The maximum absolute atomic E-state index is 12.2. The Hall–Kier alpha value is -1.79. The van der Waals surface area contributed by atoms with Crippen molar-refractivity contribution in [1.29, 1.82) is 0 Å². The molecule has 0 spiro atoms. The molecule has 0 saturated carbocycles. The summed E-state index contributed by atoms with van der Waals surface area (Å²) in [4.78, 5) is 14.4. The van der Waals surface area contributed by atoms with E-state index < -0.39 is 6.10 Å². The molecule has 2 aliphatic heterocycles. The molecule has 0 N–H and O–H groups in total. The third-order valence-corrected chi connectivity index (χ3v) is 3.71. The van der Waals surface area contributed by atoms with Crippen LogP contribution >= 0.6 is 0 Å². The number of morpholine rings is 1. The number of carbonyl (C=O) groups excluding carboxylic acids is 1. The number of hydrogen-bond acceptors (Lipinski definition) is 6. The Balaban J connectivity index is 1.49. The van der Waals surface area contributed by atoms with E-state index in [9.17, 15) is 4.79 Å². The van der Waals surface area contributed by atoms with Crippen LogP contribution in [0.25, 0.3) is 0 Å². The van der Waals surface area contributed by atoms with Crippen LogP contribution in [0.5, 0.6) is 11.5 Å². The number of ether oxygens (including phenoxy) is 4. The van der Waals surface area contributed by atoms with Crippen LogP contribution in [-0.4, -0.2) is 62.5 Å². The number of nitrogens with zero attached hydrogens (tertiary/aromatic N) is 1. The number of carbonyl (C=O) groups is 1. The minimum absolute atomic E-state index is 0.181. The van der Waals surface area contributed by atoms with Gasteiger partial charge in [0.1, 0.15) is 12.7 Å². The molecule has 0 bridgehead atoms. The molecular formula is C16H21NO5. The Bertz CT molecular complexity index is 515. The SMILES string of the molecule is C[C@H](CN1CCOCC1)OC(=O)[C@@H]1COc2ccccc2O1. The molecule has 3 rings (SSSR count). The average molecular weight is 307 g/mol. The number of esters is 1. The van der Waals surface area contributed by atoms with E-state index >= 15 is 0 Å². The van der Waals surface area contributed by atoms with Crippen LogP contribution in [0.1, 0.15) is 6.92 Å². The maximum atomic E-state index is 12.2. The standard InChI is InChI=1S/C16H21NO5/c1-12(10-17-6-8-19-9-7-17)21-16(18)15-11-20-13-4-2-3-5-14(13)22-15/h2-5,12,15H,6-11H2,1H3/t12-,15+/m1/s1. The number of rotatable bonds is 4. The monoisotopic (exact) mass is 307 g/mol. The predicted octanol–water partition coefficient (Wildman–Crippen LogP) is 1.09. The van der Waals surface area contributed by atoms with Gasteiger partial charge in [0.15, 0.2) is 11.5 Å². The van der Waals surface area contributed by atoms with E-state index in [4.69, 9.17) is 18.9 Å². The Morgan fingerprint density at radius 3 is 2.82 bits per heavy atom. The summed E-state index contributed by atoms with van der Waals surface area (Å²) < 4.78 is 22.0. The first-order chi connectivity index (χ1) is 10.7. The molecule has 1 aromatic carbocycles. The van der Waals surface area contributed by atoms with Crippen LogP contribution < -0.4 is 9.47 Å². The van der Waals surface area contributed by atoms with Crippen molar-refractivity contribution in [3.63, 3.8) is 0 Å².